The second-order valence-corrected chi connectivity index (χ2v) is 5.15. The molecule has 2 rings (SSSR count). The fourth-order valence-corrected chi connectivity index (χ4v) is 2.19. The van der Waals surface area contributed by atoms with Crippen LogP contribution in [0.25, 0.3) is 0 Å². The number of hydrogen-bond donors (Lipinski definition) is 1. The van der Waals surface area contributed by atoms with Crippen LogP contribution in [0.2, 0.25) is 5.02 Å². The van der Waals surface area contributed by atoms with Crippen molar-refractivity contribution in [2.45, 2.75) is 19.5 Å². The van der Waals surface area contributed by atoms with Crippen LogP contribution in [-0.2, 0) is 6.54 Å². The second-order valence-electron chi connectivity index (χ2n) is 4.75. The molecule has 0 fully saturated rings. The number of hydrogen-bond acceptors (Lipinski definition) is 2. The van der Waals surface area contributed by atoms with Crippen LogP contribution < -0.4 is 10.1 Å². The van der Waals surface area contributed by atoms with E-state index in [-0.39, 0.29) is 16.8 Å². The van der Waals surface area contributed by atoms with E-state index in [1.165, 1.54) is 19.2 Å². The van der Waals surface area contributed by atoms with Crippen molar-refractivity contribution in [3.63, 3.8) is 0 Å². The van der Waals surface area contributed by atoms with Crippen LogP contribution in [0.5, 0.6) is 5.75 Å². The normalized spacial score (nSPS) is 12.2. The van der Waals surface area contributed by atoms with E-state index in [4.69, 9.17) is 16.3 Å². The van der Waals surface area contributed by atoms with Crippen molar-refractivity contribution in [2.24, 2.45) is 0 Å². The molecule has 0 saturated carbocycles. The fraction of sp³-hybridized carbons (Fsp3) is 0.250. The Balaban J connectivity index is 2.04. The maximum atomic E-state index is 13.4. The van der Waals surface area contributed by atoms with Crippen LogP contribution in [-0.4, -0.2) is 7.11 Å². The monoisotopic (exact) mass is 311 g/mol. The number of methoxy groups -OCH3 is 1. The van der Waals surface area contributed by atoms with Gasteiger partial charge >= 0.3 is 0 Å². The van der Waals surface area contributed by atoms with Gasteiger partial charge in [-0.05, 0) is 42.3 Å². The Morgan fingerprint density at radius 1 is 1.14 bits per heavy atom. The molecule has 21 heavy (non-hydrogen) atoms. The Morgan fingerprint density at radius 3 is 2.52 bits per heavy atom. The van der Waals surface area contributed by atoms with Gasteiger partial charge in [0.1, 0.15) is 5.82 Å². The van der Waals surface area contributed by atoms with Gasteiger partial charge in [-0.3, -0.25) is 0 Å². The molecular formula is C16H16ClF2NO. The molecule has 0 aliphatic carbocycles. The number of benzene rings is 2. The van der Waals surface area contributed by atoms with Crippen molar-refractivity contribution in [3.05, 3.63) is 64.2 Å². The van der Waals surface area contributed by atoms with Gasteiger partial charge in [-0.25, -0.2) is 8.78 Å². The number of halogens is 3. The third kappa shape index (κ3) is 3.93. The van der Waals surface area contributed by atoms with Gasteiger partial charge < -0.3 is 10.1 Å². The minimum Gasteiger partial charge on any atom is -0.494 e. The molecule has 112 valence electrons. The zero-order valence-electron chi connectivity index (χ0n) is 11.8. The van der Waals surface area contributed by atoms with Crippen LogP contribution in [0.3, 0.4) is 0 Å². The highest BCUT2D eigenvalue weighted by Gasteiger charge is 2.10. The lowest BCUT2D eigenvalue weighted by Gasteiger charge is -2.15. The molecule has 1 N–H and O–H groups in total. The summed E-state index contributed by atoms with van der Waals surface area (Å²) in [6.45, 7) is 2.48. The minimum absolute atomic E-state index is 0.0108. The van der Waals surface area contributed by atoms with E-state index in [9.17, 15) is 8.78 Å². The second kappa shape index (κ2) is 6.87. The summed E-state index contributed by atoms with van der Waals surface area (Å²) in [7, 11) is 1.43. The van der Waals surface area contributed by atoms with Crippen LogP contribution in [0.4, 0.5) is 8.78 Å². The van der Waals surface area contributed by atoms with E-state index in [1.807, 2.05) is 6.92 Å². The molecule has 0 aliphatic rings. The van der Waals surface area contributed by atoms with Crippen LogP contribution in [0.15, 0.2) is 36.4 Å². The zero-order valence-corrected chi connectivity index (χ0v) is 12.5. The first-order valence-electron chi connectivity index (χ1n) is 6.52. The Hall–Kier alpha value is -1.65. The Morgan fingerprint density at radius 2 is 1.86 bits per heavy atom. The third-order valence-electron chi connectivity index (χ3n) is 3.27. The van der Waals surface area contributed by atoms with Crippen molar-refractivity contribution >= 4 is 11.6 Å². The molecule has 0 bridgehead atoms. The smallest absolute Gasteiger partial charge is 0.165 e. The summed E-state index contributed by atoms with van der Waals surface area (Å²) in [5, 5.41) is 3.38. The number of nitrogens with one attached hydrogen (secondary N) is 1. The highest BCUT2D eigenvalue weighted by atomic mass is 35.5. The Bertz CT molecular complexity index is 634. The largest absolute Gasteiger partial charge is 0.494 e. The topological polar surface area (TPSA) is 21.3 Å². The van der Waals surface area contributed by atoms with E-state index in [2.05, 4.69) is 5.32 Å². The highest BCUT2D eigenvalue weighted by molar-refractivity contribution is 6.30. The number of rotatable bonds is 5. The van der Waals surface area contributed by atoms with Gasteiger partial charge in [0, 0.05) is 12.6 Å². The summed E-state index contributed by atoms with van der Waals surface area (Å²) in [5.41, 5.74) is 1.78. The summed E-state index contributed by atoms with van der Waals surface area (Å²) in [4.78, 5) is 0. The summed E-state index contributed by atoms with van der Waals surface area (Å²) < 4.78 is 31.4. The molecule has 0 aromatic heterocycles. The molecule has 0 amide bonds. The fourth-order valence-electron chi connectivity index (χ4n) is 1.98. The average Bonchev–Trinajstić information content (AvgIpc) is 2.48. The predicted octanol–water partition coefficient (Wildman–Crippen LogP) is 4.48. The van der Waals surface area contributed by atoms with Gasteiger partial charge in [0.15, 0.2) is 11.6 Å². The van der Waals surface area contributed by atoms with Crippen molar-refractivity contribution in [1.29, 1.82) is 0 Å². The van der Waals surface area contributed by atoms with Gasteiger partial charge in [-0.1, -0.05) is 23.7 Å². The lowest BCUT2D eigenvalue weighted by Crippen LogP contribution is -2.18. The molecular weight excluding hydrogens is 296 g/mol. The molecule has 2 nitrogen and oxygen atoms in total. The average molecular weight is 312 g/mol. The summed E-state index contributed by atoms with van der Waals surface area (Å²) in [6, 6.07) is 9.32. The first-order valence-corrected chi connectivity index (χ1v) is 6.90. The van der Waals surface area contributed by atoms with E-state index in [1.54, 1.807) is 24.3 Å². The molecule has 0 heterocycles. The van der Waals surface area contributed by atoms with E-state index in [0.717, 1.165) is 11.1 Å². The van der Waals surface area contributed by atoms with Crippen molar-refractivity contribution < 1.29 is 13.5 Å². The van der Waals surface area contributed by atoms with Gasteiger partial charge in [-0.15, -0.1) is 0 Å². The van der Waals surface area contributed by atoms with Gasteiger partial charge in [0.25, 0.3) is 0 Å². The summed E-state index contributed by atoms with van der Waals surface area (Å²) >= 11 is 5.74. The zero-order chi connectivity index (χ0) is 15.4. The third-order valence-corrected chi connectivity index (χ3v) is 3.56. The Kier molecular flexibility index (Phi) is 5.15. The molecule has 2 aromatic rings. The van der Waals surface area contributed by atoms with Crippen LogP contribution in [0.1, 0.15) is 24.1 Å². The van der Waals surface area contributed by atoms with Gasteiger partial charge in [-0.2, -0.15) is 0 Å². The molecule has 2 aromatic carbocycles. The molecule has 1 unspecified atom stereocenters. The van der Waals surface area contributed by atoms with Crippen molar-refractivity contribution in [1.82, 2.24) is 5.32 Å². The maximum Gasteiger partial charge on any atom is 0.165 e. The first-order chi connectivity index (χ1) is 10.0. The van der Waals surface area contributed by atoms with Gasteiger partial charge in [0.05, 0.1) is 12.1 Å². The number of ether oxygens (including phenoxy) is 1. The molecule has 5 heteroatoms. The lowest BCUT2D eigenvalue weighted by molar-refractivity contribution is 0.385. The summed E-state index contributed by atoms with van der Waals surface area (Å²) in [6.07, 6.45) is 0. The van der Waals surface area contributed by atoms with E-state index < -0.39 is 11.6 Å². The van der Waals surface area contributed by atoms with Gasteiger partial charge in [0.2, 0.25) is 0 Å². The van der Waals surface area contributed by atoms with Crippen molar-refractivity contribution in [2.75, 3.05) is 7.11 Å². The molecule has 0 spiro atoms. The predicted molar refractivity (Wildman–Crippen MR) is 79.6 cm³/mol. The lowest BCUT2D eigenvalue weighted by atomic mass is 10.1. The minimum atomic E-state index is -0.434. The maximum absolute atomic E-state index is 13.4. The Labute approximate surface area is 127 Å². The highest BCUT2D eigenvalue weighted by Crippen LogP contribution is 2.23. The van der Waals surface area contributed by atoms with Crippen LogP contribution in [0, 0.1) is 11.6 Å². The van der Waals surface area contributed by atoms with Crippen molar-refractivity contribution in [3.8, 4) is 5.75 Å². The van der Waals surface area contributed by atoms with E-state index >= 15 is 0 Å². The molecule has 0 aliphatic heterocycles. The molecule has 0 saturated heterocycles. The first kappa shape index (κ1) is 15.7. The molecule has 0 radical (unpaired) electrons. The SMILES string of the molecule is COc1cc(C(C)NCc2ccc(F)c(Cl)c2)ccc1F. The molecule has 1 atom stereocenters. The van der Waals surface area contributed by atoms with Crippen LogP contribution >= 0.6 is 11.6 Å². The standard InChI is InChI=1S/C16H16ClF2NO/c1-10(12-4-6-15(19)16(8-12)21-2)20-9-11-3-5-14(18)13(17)7-11/h3-8,10,20H,9H2,1-2H3. The van der Waals surface area contributed by atoms with E-state index in [0.29, 0.717) is 6.54 Å². The summed E-state index contributed by atoms with van der Waals surface area (Å²) in [5.74, 6) is -0.610. The quantitative estimate of drug-likeness (QED) is 0.879.